The maximum absolute atomic E-state index is 11.9. The number of nitrogens with two attached hydrogens (primary N) is 1. The Hall–Kier alpha value is -2.24. The SMILES string of the molecule is COc1ccc(CN2C(=O)CCC2C(N)=O)c(OC)c1. The van der Waals surface area contributed by atoms with Gasteiger partial charge in [0.2, 0.25) is 11.8 Å². The summed E-state index contributed by atoms with van der Waals surface area (Å²) in [5.41, 5.74) is 6.15. The highest BCUT2D eigenvalue weighted by Gasteiger charge is 2.35. The lowest BCUT2D eigenvalue weighted by atomic mass is 10.1. The van der Waals surface area contributed by atoms with Gasteiger partial charge in [0, 0.05) is 18.1 Å². The largest absolute Gasteiger partial charge is 0.497 e. The molecule has 0 bridgehead atoms. The van der Waals surface area contributed by atoms with Gasteiger partial charge in [0.25, 0.3) is 0 Å². The highest BCUT2D eigenvalue weighted by molar-refractivity contribution is 5.90. The van der Waals surface area contributed by atoms with Gasteiger partial charge in [-0.3, -0.25) is 9.59 Å². The number of methoxy groups -OCH3 is 2. The van der Waals surface area contributed by atoms with Gasteiger partial charge in [-0.25, -0.2) is 0 Å². The lowest BCUT2D eigenvalue weighted by Crippen LogP contribution is -2.41. The summed E-state index contributed by atoms with van der Waals surface area (Å²) in [6, 6.07) is 4.82. The molecule has 1 unspecified atom stereocenters. The minimum Gasteiger partial charge on any atom is -0.497 e. The van der Waals surface area contributed by atoms with E-state index in [-0.39, 0.29) is 5.91 Å². The molecule has 1 saturated heterocycles. The van der Waals surface area contributed by atoms with Crippen molar-refractivity contribution >= 4 is 11.8 Å². The summed E-state index contributed by atoms with van der Waals surface area (Å²) in [6.45, 7) is 0.305. The fourth-order valence-corrected chi connectivity index (χ4v) is 2.39. The number of nitrogens with zero attached hydrogens (tertiary/aromatic N) is 1. The van der Waals surface area contributed by atoms with Crippen molar-refractivity contribution in [2.45, 2.75) is 25.4 Å². The van der Waals surface area contributed by atoms with Crippen LogP contribution in [-0.2, 0) is 16.1 Å². The molecule has 0 spiro atoms. The van der Waals surface area contributed by atoms with Crippen molar-refractivity contribution in [1.82, 2.24) is 4.90 Å². The van der Waals surface area contributed by atoms with Crippen molar-refractivity contribution in [3.8, 4) is 11.5 Å². The van der Waals surface area contributed by atoms with Crippen LogP contribution in [-0.4, -0.2) is 37.0 Å². The third-order valence-electron chi connectivity index (χ3n) is 3.49. The van der Waals surface area contributed by atoms with Gasteiger partial charge < -0.3 is 20.1 Å². The van der Waals surface area contributed by atoms with Crippen LogP contribution in [0.5, 0.6) is 11.5 Å². The molecule has 0 radical (unpaired) electrons. The van der Waals surface area contributed by atoms with Crippen molar-refractivity contribution in [3.63, 3.8) is 0 Å². The van der Waals surface area contributed by atoms with Gasteiger partial charge in [-0.15, -0.1) is 0 Å². The third-order valence-corrected chi connectivity index (χ3v) is 3.49. The molecule has 108 valence electrons. The van der Waals surface area contributed by atoms with Crippen LogP contribution in [0.1, 0.15) is 18.4 Å². The van der Waals surface area contributed by atoms with Gasteiger partial charge in [0.1, 0.15) is 17.5 Å². The molecular weight excluding hydrogens is 260 g/mol. The molecule has 20 heavy (non-hydrogen) atoms. The Balaban J connectivity index is 2.24. The Morgan fingerprint density at radius 2 is 2.15 bits per heavy atom. The highest BCUT2D eigenvalue weighted by atomic mass is 16.5. The highest BCUT2D eigenvalue weighted by Crippen LogP contribution is 2.28. The summed E-state index contributed by atoms with van der Waals surface area (Å²) in [5, 5.41) is 0. The molecule has 2 rings (SSSR count). The summed E-state index contributed by atoms with van der Waals surface area (Å²) in [7, 11) is 3.12. The molecule has 1 atom stereocenters. The maximum atomic E-state index is 11.9. The molecule has 1 aromatic carbocycles. The summed E-state index contributed by atoms with van der Waals surface area (Å²) in [4.78, 5) is 24.8. The third kappa shape index (κ3) is 2.68. The van der Waals surface area contributed by atoms with Crippen LogP contribution in [0.2, 0.25) is 0 Å². The van der Waals surface area contributed by atoms with Gasteiger partial charge in [0.15, 0.2) is 0 Å². The molecule has 1 aromatic rings. The Labute approximate surface area is 117 Å². The summed E-state index contributed by atoms with van der Waals surface area (Å²) >= 11 is 0. The van der Waals surface area contributed by atoms with E-state index in [0.29, 0.717) is 30.9 Å². The maximum Gasteiger partial charge on any atom is 0.240 e. The average Bonchev–Trinajstić information content (AvgIpc) is 2.81. The van der Waals surface area contributed by atoms with Crippen LogP contribution in [0.4, 0.5) is 0 Å². The molecule has 6 heteroatoms. The fourth-order valence-electron chi connectivity index (χ4n) is 2.39. The number of hydrogen-bond acceptors (Lipinski definition) is 4. The summed E-state index contributed by atoms with van der Waals surface area (Å²) in [5.74, 6) is 0.757. The van der Waals surface area contributed by atoms with Crippen LogP contribution < -0.4 is 15.2 Å². The van der Waals surface area contributed by atoms with Gasteiger partial charge in [0.05, 0.1) is 20.8 Å². The van der Waals surface area contributed by atoms with Gasteiger partial charge >= 0.3 is 0 Å². The first-order valence-corrected chi connectivity index (χ1v) is 6.36. The average molecular weight is 278 g/mol. The molecule has 0 aliphatic carbocycles. The lowest BCUT2D eigenvalue weighted by molar-refractivity contribution is -0.134. The number of carbonyl (C=O) groups is 2. The van der Waals surface area contributed by atoms with E-state index in [2.05, 4.69) is 0 Å². The van der Waals surface area contributed by atoms with Crippen molar-refractivity contribution < 1.29 is 19.1 Å². The van der Waals surface area contributed by atoms with Crippen molar-refractivity contribution in [2.24, 2.45) is 5.73 Å². The van der Waals surface area contributed by atoms with Crippen LogP contribution in [0.3, 0.4) is 0 Å². The second-order valence-corrected chi connectivity index (χ2v) is 4.66. The molecule has 1 fully saturated rings. The lowest BCUT2D eigenvalue weighted by Gasteiger charge is -2.23. The Kier molecular flexibility index (Phi) is 4.12. The Morgan fingerprint density at radius 3 is 2.75 bits per heavy atom. The summed E-state index contributed by atoms with van der Waals surface area (Å²) < 4.78 is 10.4. The van der Waals surface area contributed by atoms with E-state index in [1.165, 1.54) is 4.90 Å². The number of benzene rings is 1. The number of likely N-dealkylation sites (tertiary alicyclic amines) is 1. The zero-order chi connectivity index (χ0) is 14.7. The Bertz CT molecular complexity index is 530. The predicted molar refractivity (Wildman–Crippen MR) is 72.3 cm³/mol. The van der Waals surface area contributed by atoms with E-state index in [1.807, 2.05) is 6.07 Å². The molecule has 1 aliphatic heterocycles. The van der Waals surface area contributed by atoms with E-state index in [1.54, 1.807) is 26.4 Å². The van der Waals surface area contributed by atoms with E-state index >= 15 is 0 Å². The first kappa shape index (κ1) is 14.2. The van der Waals surface area contributed by atoms with E-state index in [9.17, 15) is 9.59 Å². The number of amides is 2. The van der Waals surface area contributed by atoms with Gasteiger partial charge in [-0.1, -0.05) is 0 Å². The number of carbonyl (C=O) groups excluding carboxylic acids is 2. The smallest absolute Gasteiger partial charge is 0.240 e. The number of primary amides is 1. The van der Waals surface area contributed by atoms with E-state index < -0.39 is 11.9 Å². The zero-order valence-corrected chi connectivity index (χ0v) is 11.6. The minimum atomic E-state index is -0.533. The second kappa shape index (κ2) is 5.81. The number of hydrogen-bond donors (Lipinski definition) is 1. The van der Waals surface area contributed by atoms with Crippen molar-refractivity contribution in [1.29, 1.82) is 0 Å². The minimum absolute atomic E-state index is 0.0633. The van der Waals surface area contributed by atoms with Crippen LogP contribution in [0, 0.1) is 0 Å². The molecule has 0 saturated carbocycles. The topological polar surface area (TPSA) is 81.9 Å². The van der Waals surface area contributed by atoms with Crippen molar-refractivity contribution in [2.75, 3.05) is 14.2 Å². The molecule has 6 nitrogen and oxygen atoms in total. The normalized spacial score (nSPS) is 18.2. The monoisotopic (exact) mass is 278 g/mol. The number of ether oxygens (including phenoxy) is 2. The zero-order valence-electron chi connectivity index (χ0n) is 11.6. The van der Waals surface area contributed by atoms with Crippen LogP contribution in [0.15, 0.2) is 18.2 Å². The van der Waals surface area contributed by atoms with Gasteiger partial charge in [-0.2, -0.15) is 0 Å². The second-order valence-electron chi connectivity index (χ2n) is 4.66. The van der Waals surface area contributed by atoms with Gasteiger partial charge in [-0.05, 0) is 18.6 Å². The first-order chi connectivity index (χ1) is 9.56. The predicted octanol–water partition coefficient (Wildman–Crippen LogP) is 0.680. The summed E-state index contributed by atoms with van der Waals surface area (Å²) in [6.07, 6.45) is 0.832. The molecular formula is C14H18N2O4. The number of rotatable bonds is 5. The first-order valence-electron chi connectivity index (χ1n) is 6.36. The fraction of sp³-hybridized carbons (Fsp3) is 0.429. The Morgan fingerprint density at radius 1 is 1.40 bits per heavy atom. The van der Waals surface area contributed by atoms with Crippen LogP contribution in [0.25, 0.3) is 0 Å². The standard InChI is InChI=1S/C14H18N2O4/c1-19-10-4-3-9(12(7-10)20-2)8-16-11(14(15)18)5-6-13(16)17/h3-4,7,11H,5-6,8H2,1-2H3,(H2,15,18). The quantitative estimate of drug-likeness (QED) is 0.858. The van der Waals surface area contributed by atoms with Crippen LogP contribution >= 0.6 is 0 Å². The van der Waals surface area contributed by atoms with E-state index in [4.69, 9.17) is 15.2 Å². The van der Waals surface area contributed by atoms with E-state index in [0.717, 1.165) is 5.56 Å². The molecule has 0 aromatic heterocycles. The molecule has 1 heterocycles. The van der Waals surface area contributed by atoms with Crippen molar-refractivity contribution in [3.05, 3.63) is 23.8 Å². The molecule has 1 aliphatic rings. The molecule has 2 N–H and O–H groups in total. The molecule has 2 amide bonds.